The number of carboxylic acid groups (broad SMARTS) is 1. The first-order valence-electron chi connectivity index (χ1n) is 7.11. The van der Waals surface area contributed by atoms with Crippen LogP contribution in [0.5, 0.6) is 0 Å². The van der Waals surface area contributed by atoms with E-state index in [4.69, 9.17) is 0 Å². The molecule has 0 saturated carbocycles. The number of aromatic nitrogens is 2. The molecule has 1 aromatic carbocycles. The first kappa shape index (κ1) is 15.5. The Hall–Kier alpha value is -2.38. The number of nitrogens with zero attached hydrogens (tertiary/aromatic N) is 3. The summed E-state index contributed by atoms with van der Waals surface area (Å²) in [7, 11) is 0. The lowest BCUT2D eigenvalue weighted by Crippen LogP contribution is -2.46. The molecule has 0 radical (unpaired) electrons. The van der Waals surface area contributed by atoms with Gasteiger partial charge in [-0.3, -0.25) is 0 Å². The molecule has 2 aromatic rings. The van der Waals surface area contributed by atoms with Crippen molar-refractivity contribution in [2.45, 2.75) is 19.3 Å². The van der Waals surface area contributed by atoms with Crippen molar-refractivity contribution in [3.8, 4) is 0 Å². The van der Waals surface area contributed by atoms with E-state index in [-0.39, 0.29) is 36.5 Å². The Bertz CT molecular complexity index is 782. The number of hydrogen-bond acceptors (Lipinski definition) is 4. The minimum absolute atomic E-state index is 0.0149. The Labute approximate surface area is 129 Å². The van der Waals surface area contributed by atoms with E-state index < -0.39 is 23.6 Å². The zero-order chi connectivity index (χ0) is 16.8. The molecule has 1 aliphatic heterocycles. The Balaban J connectivity index is 2.07. The molecule has 0 bridgehead atoms. The number of anilines is 1. The first-order valence-corrected chi connectivity index (χ1v) is 7.11. The van der Waals surface area contributed by atoms with E-state index in [2.05, 4.69) is 9.97 Å². The standard InChI is InChI=1S/C15H14F3N3O2/c1-8-7-21(5-4-15(8,17)18)13-12(14(22)23)19-11-6-9(16)2-3-10(11)20-13/h2-3,6,8H,4-5,7H2,1H3,(H,22,23). The Morgan fingerprint density at radius 1 is 1.35 bits per heavy atom. The number of alkyl halides is 2. The van der Waals surface area contributed by atoms with Gasteiger partial charge in [0, 0.05) is 31.5 Å². The van der Waals surface area contributed by atoms with Gasteiger partial charge in [-0.25, -0.2) is 27.9 Å². The summed E-state index contributed by atoms with van der Waals surface area (Å²) < 4.78 is 40.5. The number of piperidine rings is 1. The second-order valence-electron chi connectivity index (χ2n) is 5.69. The largest absolute Gasteiger partial charge is 0.476 e. The fourth-order valence-electron chi connectivity index (χ4n) is 2.66. The van der Waals surface area contributed by atoms with Gasteiger partial charge < -0.3 is 10.0 Å². The number of carbonyl (C=O) groups is 1. The third-order valence-corrected chi connectivity index (χ3v) is 4.04. The fraction of sp³-hybridized carbons (Fsp3) is 0.400. The molecule has 8 heteroatoms. The van der Waals surface area contributed by atoms with Gasteiger partial charge in [0.2, 0.25) is 0 Å². The zero-order valence-electron chi connectivity index (χ0n) is 12.3. The molecular formula is C15H14F3N3O2. The lowest BCUT2D eigenvalue weighted by molar-refractivity contribution is -0.0652. The van der Waals surface area contributed by atoms with Crippen LogP contribution in [0.15, 0.2) is 18.2 Å². The van der Waals surface area contributed by atoms with Crippen molar-refractivity contribution in [1.82, 2.24) is 9.97 Å². The van der Waals surface area contributed by atoms with E-state index in [1.165, 1.54) is 24.0 Å². The molecule has 1 aliphatic rings. The van der Waals surface area contributed by atoms with Gasteiger partial charge in [0.25, 0.3) is 5.92 Å². The van der Waals surface area contributed by atoms with Crippen LogP contribution in [0.2, 0.25) is 0 Å². The van der Waals surface area contributed by atoms with Crippen LogP contribution in [0.1, 0.15) is 23.8 Å². The van der Waals surface area contributed by atoms with E-state index in [1.807, 2.05) is 0 Å². The summed E-state index contributed by atoms with van der Waals surface area (Å²) in [5.41, 5.74) is 0.0680. The number of halogens is 3. The highest BCUT2D eigenvalue weighted by molar-refractivity contribution is 5.94. The van der Waals surface area contributed by atoms with Crippen LogP contribution in [0.4, 0.5) is 19.0 Å². The highest BCUT2D eigenvalue weighted by Gasteiger charge is 2.42. The highest BCUT2D eigenvalue weighted by atomic mass is 19.3. The van der Waals surface area contributed by atoms with E-state index in [0.29, 0.717) is 5.52 Å². The lowest BCUT2D eigenvalue weighted by Gasteiger charge is -2.37. The van der Waals surface area contributed by atoms with E-state index >= 15 is 0 Å². The maximum Gasteiger partial charge on any atom is 0.358 e. The number of carboxylic acids is 1. The number of hydrogen-bond donors (Lipinski definition) is 1. The predicted molar refractivity (Wildman–Crippen MR) is 77.4 cm³/mol. The number of fused-ring (bicyclic) bond motifs is 1. The van der Waals surface area contributed by atoms with Crippen LogP contribution in [-0.4, -0.2) is 40.1 Å². The monoisotopic (exact) mass is 325 g/mol. The van der Waals surface area contributed by atoms with Gasteiger partial charge in [-0.1, -0.05) is 6.92 Å². The quantitative estimate of drug-likeness (QED) is 0.919. The molecule has 5 nitrogen and oxygen atoms in total. The number of rotatable bonds is 2. The maximum absolute atomic E-state index is 13.6. The summed E-state index contributed by atoms with van der Waals surface area (Å²) in [6.07, 6.45) is -0.379. The minimum atomic E-state index is -2.78. The molecule has 1 saturated heterocycles. The summed E-state index contributed by atoms with van der Waals surface area (Å²) in [5.74, 6) is -5.55. The predicted octanol–water partition coefficient (Wildman–Crippen LogP) is 2.95. The average molecular weight is 325 g/mol. The molecule has 1 unspecified atom stereocenters. The summed E-state index contributed by atoms with van der Waals surface area (Å²) in [6, 6.07) is 3.66. The molecule has 0 amide bonds. The van der Waals surface area contributed by atoms with E-state index in [1.54, 1.807) is 0 Å². The summed E-state index contributed by atoms with van der Waals surface area (Å²) >= 11 is 0. The van der Waals surface area contributed by atoms with Gasteiger partial charge in [0.15, 0.2) is 11.5 Å². The molecule has 0 spiro atoms. The molecule has 1 N–H and O–H groups in total. The molecule has 3 rings (SSSR count). The van der Waals surface area contributed by atoms with Crippen molar-refractivity contribution in [3.63, 3.8) is 0 Å². The minimum Gasteiger partial charge on any atom is -0.476 e. The normalized spacial score (nSPS) is 20.7. The molecule has 23 heavy (non-hydrogen) atoms. The number of aromatic carboxylic acids is 1. The third kappa shape index (κ3) is 2.80. The van der Waals surface area contributed by atoms with Crippen molar-refractivity contribution < 1.29 is 23.1 Å². The maximum atomic E-state index is 13.6. The zero-order valence-corrected chi connectivity index (χ0v) is 12.3. The van der Waals surface area contributed by atoms with Gasteiger partial charge in [0.05, 0.1) is 11.0 Å². The van der Waals surface area contributed by atoms with Gasteiger partial charge in [-0.15, -0.1) is 0 Å². The molecule has 0 aliphatic carbocycles. The van der Waals surface area contributed by atoms with Crippen LogP contribution in [0, 0.1) is 11.7 Å². The van der Waals surface area contributed by atoms with Gasteiger partial charge in [-0.05, 0) is 12.1 Å². The average Bonchev–Trinajstić information content (AvgIpc) is 2.48. The van der Waals surface area contributed by atoms with Gasteiger partial charge in [-0.2, -0.15) is 0 Å². The summed E-state index contributed by atoms with van der Waals surface area (Å²) in [5, 5.41) is 9.32. The second-order valence-corrected chi connectivity index (χ2v) is 5.69. The van der Waals surface area contributed by atoms with Gasteiger partial charge >= 0.3 is 5.97 Å². The SMILES string of the molecule is CC1CN(c2nc3ccc(F)cc3nc2C(=O)O)CCC1(F)F. The smallest absolute Gasteiger partial charge is 0.358 e. The lowest BCUT2D eigenvalue weighted by atomic mass is 9.95. The fourth-order valence-corrected chi connectivity index (χ4v) is 2.66. The highest BCUT2D eigenvalue weighted by Crippen LogP contribution is 2.35. The molecule has 2 heterocycles. The van der Waals surface area contributed by atoms with E-state index in [0.717, 1.165) is 6.07 Å². The van der Waals surface area contributed by atoms with Crippen molar-refractivity contribution in [1.29, 1.82) is 0 Å². The van der Waals surface area contributed by atoms with Crippen molar-refractivity contribution in [2.75, 3.05) is 18.0 Å². The van der Waals surface area contributed by atoms with Crippen LogP contribution in [-0.2, 0) is 0 Å². The Kier molecular flexibility index (Phi) is 3.62. The number of benzene rings is 1. The van der Waals surface area contributed by atoms with Gasteiger partial charge in [0.1, 0.15) is 5.82 Å². The molecule has 1 atom stereocenters. The van der Waals surface area contributed by atoms with Crippen LogP contribution >= 0.6 is 0 Å². The first-order chi connectivity index (χ1) is 10.8. The molecule has 1 fully saturated rings. The summed E-state index contributed by atoms with van der Waals surface area (Å²) in [6.45, 7) is 1.38. The third-order valence-electron chi connectivity index (χ3n) is 4.04. The summed E-state index contributed by atoms with van der Waals surface area (Å²) in [4.78, 5) is 21.1. The van der Waals surface area contributed by atoms with Crippen molar-refractivity contribution in [3.05, 3.63) is 29.7 Å². The van der Waals surface area contributed by atoms with Crippen molar-refractivity contribution >= 4 is 22.8 Å². The van der Waals surface area contributed by atoms with E-state index in [9.17, 15) is 23.1 Å². The van der Waals surface area contributed by atoms with Crippen LogP contribution in [0.25, 0.3) is 11.0 Å². The van der Waals surface area contributed by atoms with Crippen LogP contribution in [0.3, 0.4) is 0 Å². The second kappa shape index (κ2) is 5.36. The Morgan fingerprint density at radius 2 is 2.09 bits per heavy atom. The van der Waals surface area contributed by atoms with Crippen LogP contribution < -0.4 is 4.90 Å². The molecule has 122 valence electrons. The topological polar surface area (TPSA) is 66.3 Å². The molecular weight excluding hydrogens is 311 g/mol. The van der Waals surface area contributed by atoms with Crippen molar-refractivity contribution in [2.24, 2.45) is 5.92 Å². The molecule has 1 aromatic heterocycles. The Morgan fingerprint density at radius 3 is 2.74 bits per heavy atom.